The standard InChI is InChI=1S/C31H31N5O6/c1-41-25-13-12-21(18-26(25)42-2)14-15-32-28(37)11-7-17-35-30(39)23-8-3-4-9-24(23)36(31(35)40)20-22-19-29(38)34-16-6-5-10-27(34)33-22/h3-6,8-10,12-13,16,18-19H,7,11,14-15,17,20H2,1-2H3,(H,32,37). The molecule has 1 amide bonds. The number of carbonyl (C=O) groups is 1. The van der Waals surface area contributed by atoms with Gasteiger partial charge >= 0.3 is 5.69 Å². The van der Waals surface area contributed by atoms with Gasteiger partial charge < -0.3 is 14.8 Å². The first-order valence-corrected chi connectivity index (χ1v) is 13.6. The minimum Gasteiger partial charge on any atom is -0.493 e. The molecule has 5 rings (SSSR count). The first kappa shape index (κ1) is 28.3. The molecule has 0 radical (unpaired) electrons. The van der Waals surface area contributed by atoms with Crippen LogP contribution in [-0.4, -0.2) is 45.2 Å². The van der Waals surface area contributed by atoms with Crippen molar-refractivity contribution in [2.45, 2.75) is 32.4 Å². The molecule has 0 fully saturated rings. The molecule has 0 unspecified atom stereocenters. The molecule has 216 valence electrons. The molecular weight excluding hydrogens is 538 g/mol. The van der Waals surface area contributed by atoms with Crippen LogP contribution in [0, 0.1) is 0 Å². The zero-order chi connectivity index (χ0) is 29.6. The highest BCUT2D eigenvalue weighted by Crippen LogP contribution is 2.27. The number of hydrogen-bond donors (Lipinski definition) is 1. The lowest BCUT2D eigenvalue weighted by molar-refractivity contribution is -0.121. The third-order valence-corrected chi connectivity index (χ3v) is 7.05. The second-order valence-corrected chi connectivity index (χ2v) is 9.75. The van der Waals surface area contributed by atoms with Gasteiger partial charge in [-0.15, -0.1) is 0 Å². The molecule has 2 aromatic carbocycles. The van der Waals surface area contributed by atoms with Crippen LogP contribution in [-0.2, 0) is 24.3 Å². The number of benzene rings is 2. The summed E-state index contributed by atoms with van der Waals surface area (Å²) in [4.78, 5) is 56.5. The minimum atomic E-state index is -0.525. The van der Waals surface area contributed by atoms with Crippen molar-refractivity contribution < 1.29 is 14.3 Å². The fourth-order valence-corrected chi connectivity index (χ4v) is 4.94. The number of methoxy groups -OCH3 is 2. The summed E-state index contributed by atoms with van der Waals surface area (Å²) < 4.78 is 14.6. The third-order valence-electron chi connectivity index (χ3n) is 7.05. The number of nitrogens with one attached hydrogen (secondary N) is 1. The summed E-state index contributed by atoms with van der Waals surface area (Å²) in [5.41, 5.74) is 1.08. The van der Waals surface area contributed by atoms with Crippen molar-refractivity contribution in [3.05, 3.63) is 115 Å². The highest BCUT2D eigenvalue weighted by atomic mass is 16.5. The summed E-state index contributed by atoms with van der Waals surface area (Å²) >= 11 is 0. The van der Waals surface area contributed by atoms with Crippen LogP contribution in [0.25, 0.3) is 16.6 Å². The van der Waals surface area contributed by atoms with Gasteiger partial charge in [0.25, 0.3) is 11.1 Å². The number of pyridine rings is 1. The van der Waals surface area contributed by atoms with Gasteiger partial charge in [-0.2, -0.15) is 0 Å². The zero-order valence-electron chi connectivity index (χ0n) is 23.4. The molecule has 11 heteroatoms. The van der Waals surface area contributed by atoms with Crippen molar-refractivity contribution in [1.82, 2.24) is 23.8 Å². The maximum absolute atomic E-state index is 13.6. The van der Waals surface area contributed by atoms with E-state index in [1.165, 1.54) is 15.0 Å². The topological polar surface area (TPSA) is 126 Å². The molecule has 0 aliphatic heterocycles. The number of nitrogens with zero attached hydrogens (tertiary/aromatic N) is 4. The molecule has 0 atom stereocenters. The van der Waals surface area contributed by atoms with E-state index in [0.29, 0.717) is 53.1 Å². The van der Waals surface area contributed by atoms with Gasteiger partial charge in [-0.3, -0.25) is 27.9 Å². The predicted molar refractivity (Wildman–Crippen MR) is 159 cm³/mol. The van der Waals surface area contributed by atoms with Gasteiger partial charge in [-0.05, 0) is 54.8 Å². The Hall–Kier alpha value is -5.19. The van der Waals surface area contributed by atoms with Gasteiger partial charge in [0.1, 0.15) is 5.65 Å². The minimum absolute atomic E-state index is 0.0108. The van der Waals surface area contributed by atoms with Gasteiger partial charge in [-0.1, -0.05) is 24.3 Å². The summed E-state index contributed by atoms with van der Waals surface area (Å²) in [6, 6.07) is 19.0. The lowest BCUT2D eigenvalue weighted by atomic mass is 10.1. The van der Waals surface area contributed by atoms with Crippen LogP contribution < -0.4 is 31.6 Å². The lowest BCUT2D eigenvalue weighted by Gasteiger charge is -2.14. The summed E-state index contributed by atoms with van der Waals surface area (Å²) in [5.74, 6) is 1.08. The normalized spacial score (nSPS) is 11.1. The third kappa shape index (κ3) is 5.95. The quantitative estimate of drug-likeness (QED) is 0.259. The average Bonchev–Trinajstić information content (AvgIpc) is 3.01. The number of para-hydroxylation sites is 1. The zero-order valence-corrected chi connectivity index (χ0v) is 23.4. The Morgan fingerprint density at radius 3 is 2.50 bits per heavy atom. The van der Waals surface area contributed by atoms with Gasteiger partial charge in [-0.25, -0.2) is 9.78 Å². The molecule has 5 aromatic rings. The van der Waals surface area contributed by atoms with Gasteiger partial charge in [0.2, 0.25) is 5.91 Å². The lowest BCUT2D eigenvalue weighted by Crippen LogP contribution is -2.40. The van der Waals surface area contributed by atoms with E-state index in [9.17, 15) is 19.2 Å². The molecule has 11 nitrogen and oxygen atoms in total. The maximum Gasteiger partial charge on any atom is 0.331 e. The second kappa shape index (κ2) is 12.5. The van der Waals surface area contributed by atoms with Crippen LogP contribution in [0.15, 0.2) is 87.3 Å². The van der Waals surface area contributed by atoms with E-state index >= 15 is 0 Å². The van der Waals surface area contributed by atoms with Crippen molar-refractivity contribution in [1.29, 1.82) is 0 Å². The van der Waals surface area contributed by atoms with E-state index in [4.69, 9.17) is 9.47 Å². The molecule has 3 aromatic heterocycles. The highest BCUT2D eigenvalue weighted by molar-refractivity contribution is 5.78. The Morgan fingerprint density at radius 2 is 1.69 bits per heavy atom. The molecular formula is C31H31N5O6. The number of hydrogen-bond acceptors (Lipinski definition) is 7. The fraction of sp³-hybridized carbons (Fsp3) is 0.258. The maximum atomic E-state index is 13.6. The summed E-state index contributed by atoms with van der Waals surface area (Å²) in [5, 5.41) is 3.25. The number of carbonyl (C=O) groups excluding carboxylic acids is 1. The molecule has 0 saturated carbocycles. The Balaban J connectivity index is 1.29. The molecule has 3 heterocycles. The van der Waals surface area contributed by atoms with Gasteiger partial charge in [0.15, 0.2) is 11.5 Å². The fourth-order valence-electron chi connectivity index (χ4n) is 4.94. The molecule has 1 N–H and O–H groups in total. The monoisotopic (exact) mass is 569 g/mol. The Bertz CT molecular complexity index is 1940. The first-order valence-electron chi connectivity index (χ1n) is 13.6. The number of fused-ring (bicyclic) bond motifs is 2. The van der Waals surface area contributed by atoms with Crippen molar-refractivity contribution in [3.63, 3.8) is 0 Å². The van der Waals surface area contributed by atoms with E-state index in [1.807, 2.05) is 18.2 Å². The molecule has 0 bridgehead atoms. The molecule has 0 saturated heterocycles. The second-order valence-electron chi connectivity index (χ2n) is 9.75. The van der Waals surface area contributed by atoms with E-state index in [0.717, 1.165) is 10.1 Å². The van der Waals surface area contributed by atoms with Crippen molar-refractivity contribution in [3.8, 4) is 11.5 Å². The predicted octanol–water partition coefficient (Wildman–Crippen LogP) is 2.38. The summed E-state index contributed by atoms with van der Waals surface area (Å²) in [6.45, 7) is 0.506. The summed E-state index contributed by atoms with van der Waals surface area (Å²) in [6.07, 6.45) is 2.68. The van der Waals surface area contributed by atoms with E-state index in [2.05, 4.69) is 10.3 Å². The van der Waals surface area contributed by atoms with E-state index in [-0.39, 0.29) is 31.0 Å². The first-order chi connectivity index (χ1) is 20.4. The number of ether oxygens (including phenoxy) is 2. The van der Waals surface area contributed by atoms with Gasteiger partial charge in [0.05, 0.1) is 37.4 Å². The molecule has 0 spiro atoms. The van der Waals surface area contributed by atoms with Crippen LogP contribution in [0.3, 0.4) is 0 Å². The molecule has 42 heavy (non-hydrogen) atoms. The van der Waals surface area contributed by atoms with Crippen LogP contribution >= 0.6 is 0 Å². The van der Waals surface area contributed by atoms with Crippen molar-refractivity contribution in [2.75, 3.05) is 20.8 Å². The van der Waals surface area contributed by atoms with Crippen LogP contribution in [0.5, 0.6) is 11.5 Å². The Morgan fingerprint density at radius 1 is 0.905 bits per heavy atom. The smallest absolute Gasteiger partial charge is 0.331 e. The van der Waals surface area contributed by atoms with Crippen LogP contribution in [0.1, 0.15) is 24.1 Å². The van der Waals surface area contributed by atoms with Crippen molar-refractivity contribution >= 4 is 22.5 Å². The summed E-state index contributed by atoms with van der Waals surface area (Å²) in [7, 11) is 3.14. The number of rotatable bonds is 11. The number of amides is 1. The SMILES string of the molecule is COc1ccc(CCNC(=O)CCCn2c(=O)c3ccccc3n(Cc3cc(=O)n4ccccc4n3)c2=O)cc1OC. The molecule has 0 aliphatic rings. The molecule has 0 aliphatic carbocycles. The van der Waals surface area contributed by atoms with Crippen molar-refractivity contribution in [2.24, 2.45) is 0 Å². The van der Waals surface area contributed by atoms with Gasteiger partial charge in [0, 0.05) is 31.8 Å². The van der Waals surface area contributed by atoms with Crippen LogP contribution in [0.4, 0.5) is 0 Å². The Labute approximate surface area is 240 Å². The van der Waals surface area contributed by atoms with Crippen LogP contribution in [0.2, 0.25) is 0 Å². The highest BCUT2D eigenvalue weighted by Gasteiger charge is 2.15. The Kier molecular flexibility index (Phi) is 8.47. The van der Waals surface area contributed by atoms with E-state index in [1.54, 1.807) is 62.9 Å². The van der Waals surface area contributed by atoms with E-state index < -0.39 is 11.2 Å². The largest absolute Gasteiger partial charge is 0.493 e. The number of aromatic nitrogens is 4. The average molecular weight is 570 g/mol.